The summed E-state index contributed by atoms with van der Waals surface area (Å²) in [6.45, 7) is 4.83. The molecular formula is C19H26F3N3O4. The minimum atomic E-state index is -4.53. The van der Waals surface area contributed by atoms with Crippen molar-refractivity contribution in [3.8, 4) is 0 Å². The molecule has 0 unspecified atom stereocenters. The van der Waals surface area contributed by atoms with Gasteiger partial charge in [-0.1, -0.05) is 6.07 Å². The number of aliphatic imine (C=N–C) groups is 1. The zero-order chi connectivity index (χ0) is 21.1. The second kappa shape index (κ2) is 11.7. The average molecular weight is 417 g/mol. The van der Waals surface area contributed by atoms with Crippen molar-refractivity contribution in [1.82, 2.24) is 10.2 Å². The van der Waals surface area contributed by atoms with Gasteiger partial charge in [0.25, 0.3) is 11.9 Å². The Hall–Kier alpha value is -2.17. The van der Waals surface area contributed by atoms with Gasteiger partial charge < -0.3 is 14.2 Å². The van der Waals surface area contributed by atoms with Gasteiger partial charge >= 0.3 is 6.18 Å². The van der Waals surface area contributed by atoms with Crippen molar-refractivity contribution in [2.24, 2.45) is 4.99 Å². The molecule has 10 heteroatoms. The number of hydrogen-bond acceptors (Lipinski definition) is 6. The lowest BCUT2D eigenvalue weighted by Crippen LogP contribution is -2.37. The van der Waals surface area contributed by atoms with Crippen LogP contribution >= 0.6 is 0 Å². The Morgan fingerprint density at radius 1 is 1.28 bits per heavy atom. The zero-order valence-corrected chi connectivity index (χ0v) is 16.3. The quantitative estimate of drug-likeness (QED) is 0.399. The van der Waals surface area contributed by atoms with E-state index in [2.05, 4.69) is 15.2 Å². The average Bonchev–Trinajstić information content (AvgIpc) is 2.71. The standard InChI is InChI=1S/C19H26F3N3O4/c1-27-12-13-29-18(23-6-3-7-25-8-10-28-11-9-25)24-17(26)15-4-2-5-16(14-15)19(20,21)22/h2,4-5,14H,3,6-13H2,1H3,(H,23,24,26). The van der Waals surface area contributed by atoms with Crippen LogP contribution in [0.1, 0.15) is 22.3 Å². The predicted octanol–water partition coefficient (Wildman–Crippen LogP) is 2.18. The molecule has 0 radical (unpaired) electrons. The molecule has 0 bridgehead atoms. The number of nitrogens with zero attached hydrogens (tertiary/aromatic N) is 2. The Morgan fingerprint density at radius 3 is 2.72 bits per heavy atom. The molecule has 2 rings (SSSR count). The minimum Gasteiger partial charge on any atom is -0.463 e. The molecule has 1 aliphatic heterocycles. The zero-order valence-electron chi connectivity index (χ0n) is 16.3. The van der Waals surface area contributed by atoms with Crippen LogP contribution in [-0.4, -0.2) is 76.5 Å². The van der Waals surface area contributed by atoms with Crippen LogP contribution in [0.5, 0.6) is 0 Å². The molecule has 1 heterocycles. The summed E-state index contributed by atoms with van der Waals surface area (Å²) in [6, 6.07) is 4.15. The first-order valence-electron chi connectivity index (χ1n) is 9.35. The number of carbonyl (C=O) groups excluding carboxylic acids is 1. The lowest BCUT2D eigenvalue weighted by atomic mass is 10.1. The lowest BCUT2D eigenvalue weighted by Gasteiger charge is -2.26. The van der Waals surface area contributed by atoms with Gasteiger partial charge in [0.1, 0.15) is 6.61 Å². The van der Waals surface area contributed by atoms with E-state index in [0.717, 1.165) is 38.2 Å². The van der Waals surface area contributed by atoms with Gasteiger partial charge in [-0.2, -0.15) is 13.2 Å². The van der Waals surface area contributed by atoms with Crippen molar-refractivity contribution < 1.29 is 32.2 Å². The molecule has 1 amide bonds. The van der Waals surface area contributed by atoms with Crippen LogP contribution in [0.25, 0.3) is 0 Å². The molecule has 0 aliphatic carbocycles. The summed E-state index contributed by atoms with van der Waals surface area (Å²) < 4.78 is 54.2. The fourth-order valence-electron chi connectivity index (χ4n) is 2.65. The number of alkyl halides is 3. The highest BCUT2D eigenvalue weighted by atomic mass is 19.4. The summed E-state index contributed by atoms with van der Waals surface area (Å²) in [5.74, 6) is -0.722. The predicted molar refractivity (Wildman–Crippen MR) is 101 cm³/mol. The van der Waals surface area contributed by atoms with Gasteiger partial charge in [0.2, 0.25) is 0 Å². The Bertz CT molecular complexity index is 677. The van der Waals surface area contributed by atoms with E-state index in [9.17, 15) is 18.0 Å². The summed E-state index contributed by atoms with van der Waals surface area (Å²) in [7, 11) is 1.50. The van der Waals surface area contributed by atoms with Gasteiger partial charge in [-0.15, -0.1) is 0 Å². The molecule has 0 spiro atoms. The second-order valence-electron chi connectivity index (χ2n) is 6.37. The molecule has 1 N–H and O–H groups in total. The Kier molecular flexibility index (Phi) is 9.36. The number of morpholine rings is 1. The van der Waals surface area contributed by atoms with Gasteiger partial charge in [-0.3, -0.25) is 15.0 Å². The lowest BCUT2D eigenvalue weighted by molar-refractivity contribution is -0.137. The first-order valence-corrected chi connectivity index (χ1v) is 9.35. The van der Waals surface area contributed by atoms with Crippen LogP contribution < -0.4 is 5.32 Å². The minimum absolute atomic E-state index is 0.0357. The van der Waals surface area contributed by atoms with Crippen LogP contribution in [0.15, 0.2) is 29.3 Å². The van der Waals surface area contributed by atoms with E-state index in [-0.39, 0.29) is 24.8 Å². The van der Waals surface area contributed by atoms with Crippen molar-refractivity contribution in [3.63, 3.8) is 0 Å². The van der Waals surface area contributed by atoms with E-state index in [1.165, 1.54) is 19.2 Å². The monoisotopic (exact) mass is 417 g/mol. The molecule has 1 saturated heterocycles. The van der Waals surface area contributed by atoms with Crippen LogP contribution in [0, 0.1) is 0 Å². The van der Waals surface area contributed by atoms with Crippen LogP contribution in [0.2, 0.25) is 0 Å². The highest BCUT2D eigenvalue weighted by Gasteiger charge is 2.31. The maximum Gasteiger partial charge on any atom is 0.416 e. The summed E-state index contributed by atoms with van der Waals surface area (Å²) in [6.07, 6.45) is -3.78. The molecule has 1 aromatic rings. The van der Waals surface area contributed by atoms with Crippen molar-refractivity contribution in [2.75, 3.05) is 59.7 Å². The largest absolute Gasteiger partial charge is 0.463 e. The van der Waals surface area contributed by atoms with Gasteiger partial charge in [0, 0.05) is 38.9 Å². The number of methoxy groups -OCH3 is 1. The van der Waals surface area contributed by atoms with Gasteiger partial charge in [0.15, 0.2) is 0 Å². The molecule has 1 fully saturated rings. The number of amides is 1. The Balaban J connectivity index is 1.94. The molecule has 0 atom stereocenters. The van der Waals surface area contributed by atoms with E-state index in [1.54, 1.807) is 0 Å². The number of halogens is 3. The number of amidine groups is 1. The van der Waals surface area contributed by atoms with Crippen molar-refractivity contribution in [1.29, 1.82) is 0 Å². The molecule has 7 nitrogen and oxygen atoms in total. The van der Waals surface area contributed by atoms with Crippen molar-refractivity contribution in [2.45, 2.75) is 12.6 Å². The third-order valence-electron chi connectivity index (χ3n) is 4.19. The third kappa shape index (κ3) is 8.38. The maximum atomic E-state index is 12.9. The summed E-state index contributed by atoms with van der Waals surface area (Å²) >= 11 is 0. The number of benzene rings is 1. The number of nitrogens with one attached hydrogen (secondary N) is 1. The van der Waals surface area contributed by atoms with Gasteiger partial charge in [-0.05, 0) is 24.6 Å². The van der Waals surface area contributed by atoms with E-state index in [4.69, 9.17) is 14.2 Å². The molecule has 162 valence electrons. The summed E-state index contributed by atoms with van der Waals surface area (Å²) in [4.78, 5) is 18.9. The van der Waals surface area contributed by atoms with Crippen LogP contribution in [-0.2, 0) is 20.4 Å². The number of carbonyl (C=O) groups is 1. The normalized spacial score (nSPS) is 15.9. The summed E-state index contributed by atoms with van der Waals surface area (Å²) in [5.41, 5.74) is -1.02. The smallest absolute Gasteiger partial charge is 0.416 e. The molecule has 0 saturated carbocycles. The van der Waals surface area contributed by atoms with Crippen LogP contribution in [0.3, 0.4) is 0 Å². The fraction of sp³-hybridized carbons (Fsp3) is 0.579. The van der Waals surface area contributed by atoms with Crippen molar-refractivity contribution >= 4 is 11.9 Å². The van der Waals surface area contributed by atoms with Gasteiger partial charge in [0.05, 0.1) is 25.4 Å². The van der Waals surface area contributed by atoms with E-state index in [1.807, 2.05) is 0 Å². The number of ether oxygens (including phenoxy) is 3. The molecule has 0 aromatic heterocycles. The molecular weight excluding hydrogens is 391 g/mol. The topological polar surface area (TPSA) is 72.4 Å². The number of hydrogen-bond donors (Lipinski definition) is 1. The third-order valence-corrected chi connectivity index (χ3v) is 4.19. The second-order valence-corrected chi connectivity index (χ2v) is 6.37. The first kappa shape index (κ1) is 23.1. The molecule has 1 aromatic carbocycles. The highest BCUT2D eigenvalue weighted by Crippen LogP contribution is 2.29. The van der Waals surface area contributed by atoms with E-state index >= 15 is 0 Å². The number of rotatable bonds is 8. The Morgan fingerprint density at radius 2 is 2.03 bits per heavy atom. The fourth-order valence-corrected chi connectivity index (χ4v) is 2.65. The van der Waals surface area contributed by atoms with E-state index in [0.29, 0.717) is 19.8 Å². The first-order chi connectivity index (χ1) is 13.9. The van der Waals surface area contributed by atoms with Crippen LogP contribution in [0.4, 0.5) is 13.2 Å². The molecule has 1 aliphatic rings. The summed E-state index contributed by atoms with van der Waals surface area (Å²) in [5, 5.41) is 2.44. The highest BCUT2D eigenvalue weighted by molar-refractivity contribution is 6.04. The van der Waals surface area contributed by atoms with Crippen molar-refractivity contribution in [3.05, 3.63) is 35.4 Å². The van der Waals surface area contributed by atoms with Gasteiger partial charge in [-0.25, -0.2) is 4.99 Å². The Labute approximate surface area is 167 Å². The van der Waals surface area contributed by atoms with E-state index < -0.39 is 17.6 Å². The molecule has 29 heavy (non-hydrogen) atoms. The maximum absolute atomic E-state index is 12.9. The SMILES string of the molecule is COCCOC(=NCCCN1CCOCC1)NC(=O)c1cccc(C(F)(F)F)c1.